The third-order valence-electron chi connectivity index (χ3n) is 3.94. The maximum atomic E-state index is 11.5. The number of carbonyl (C=O) groups excluding carboxylic acids is 2. The lowest BCUT2D eigenvalue weighted by Crippen LogP contribution is -2.21. The molecule has 0 unspecified atom stereocenters. The standard InChI is InChI=1S/C21H32O4/c1-8-24-18(23)10-9-11-25-19-16(20(2,3)4)12-15(14-22)13-17(19)21(5,6)7/h12-14H,8-11H2,1-7H3. The van der Waals surface area contributed by atoms with Crippen LogP contribution in [0.3, 0.4) is 0 Å². The molecule has 0 saturated carbocycles. The summed E-state index contributed by atoms with van der Waals surface area (Å²) < 4.78 is 11.1. The molecule has 0 aliphatic heterocycles. The summed E-state index contributed by atoms with van der Waals surface area (Å²) in [7, 11) is 0. The predicted molar refractivity (Wildman–Crippen MR) is 101 cm³/mol. The van der Waals surface area contributed by atoms with Crippen LogP contribution in [0.5, 0.6) is 5.75 Å². The monoisotopic (exact) mass is 348 g/mol. The molecule has 0 aliphatic carbocycles. The van der Waals surface area contributed by atoms with Gasteiger partial charge >= 0.3 is 5.97 Å². The molecule has 0 saturated heterocycles. The number of hydrogen-bond donors (Lipinski definition) is 0. The molecule has 0 N–H and O–H groups in total. The van der Waals surface area contributed by atoms with Gasteiger partial charge in [-0.2, -0.15) is 0 Å². The Labute approximate surface area is 151 Å². The molecule has 0 aromatic heterocycles. The molecule has 0 atom stereocenters. The van der Waals surface area contributed by atoms with Crippen molar-refractivity contribution in [1.29, 1.82) is 0 Å². The van der Waals surface area contributed by atoms with Gasteiger partial charge in [0.25, 0.3) is 0 Å². The lowest BCUT2D eigenvalue weighted by molar-refractivity contribution is -0.143. The van der Waals surface area contributed by atoms with Crippen molar-refractivity contribution in [2.75, 3.05) is 13.2 Å². The van der Waals surface area contributed by atoms with Crippen molar-refractivity contribution in [3.05, 3.63) is 28.8 Å². The molecule has 4 heteroatoms. The second-order valence-corrected chi connectivity index (χ2v) is 8.32. The van der Waals surface area contributed by atoms with Crippen LogP contribution < -0.4 is 4.74 Å². The first-order valence-electron chi connectivity index (χ1n) is 8.93. The fraction of sp³-hybridized carbons (Fsp3) is 0.619. The van der Waals surface area contributed by atoms with Gasteiger partial charge in [-0.3, -0.25) is 9.59 Å². The summed E-state index contributed by atoms with van der Waals surface area (Å²) >= 11 is 0. The van der Waals surface area contributed by atoms with Crippen LogP contribution in [-0.4, -0.2) is 25.5 Å². The van der Waals surface area contributed by atoms with Crippen LogP contribution >= 0.6 is 0 Å². The molecule has 1 rings (SSSR count). The van der Waals surface area contributed by atoms with E-state index in [9.17, 15) is 9.59 Å². The van der Waals surface area contributed by atoms with Gasteiger partial charge in [0.1, 0.15) is 12.0 Å². The molecular weight excluding hydrogens is 316 g/mol. The third kappa shape index (κ3) is 6.18. The Hall–Kier alpha value is -1.84. The Kier molecular flexibility index (Phi) is 7.21. The summed E-state index contributed by atoms with van der Waals surface area (Å²) in [5.74, 6) is 0.629. The number of carbonyl (C=O) groups is 2. The normalized spacial score (nSPS) is 12.0. The van der Waals surface area contributed by atoms with Gasteiger partial charge in [0.05, 0.1) is 13.2 Å². The second-order valence-electron chi connectivity index (χ2n) is 8.32. The highest BCUT2D eigenvalue weighted by Gasteiger charge is 2.27. The molecular formula is C21H32O4. The van der Waals surface area contributed by atoms with Gasteiger partial charge in [-0.25, -0.2) is 0 Å². The summed E-state index contributed by atoms with van der Waals surface area (Å²) in [5, 5.41) is 0. The lowest BCUT2D eigenvalue weighted by atomic mass is 9.78. The van der Waals surface area contributed by atoms with Crippen molar-refractivity contribution < 1.29 is 19.1 Å². The van der Waals surface area contributed by atoms with Crippen LogP contribution in [0.2, 0.25) is 0 Å². The number of hydrogen-bond acceptors (Lipinski definition) is 4. The molecule has 0 bridgehead atoms. The summed E-state index contributed by atoms with van der Waals surface area (Å²) in [4.78, 5) is 22.9. The summed E-state index contributed by atoms with van der Waals surface area (Å²) in [5.41, 5.74) is 2.37. The minimum absolute atomic E-state index is 0.157. The summed E-state index contributed by atoms with van der Waals surface area (Å²) in [6.45, 7) is 15.3. The molecule has 0 amide bonds. The molecule has 140 valence electrons. The van der Waals surface area contributed by atoms with E-state index in [1.807, 2.05) is 12.1 Å². The largest absolute Gasteiger partial charge is 0.493 e. The van der Waals surface area contributed by atoms with Crippen molar-refractivity contribution in [3.8, 4) is 5.75 Å². The fourth-order valence-electron chi connectivity index (χ4n) is 2.61. The van der Waals surface area contributed by atoms with Crippen LogP contribution in [0.1, 0.15) is 82.8 Å². The van der Waals surface area contributed by atoms with Crippen molar-refractivity contribution >= 4 is 12.3 Å². The van der Waals surface area contributed by atoms with Crippen LogP contribution in [0.4, 0.5) is 0 Å². The average molecular weight is 348 g/mol. The van der Waals surface area contributed by atoms with E-state index in [1.165, 1.54) is 0 Å². The smallest absolute Gasteiger partial charge is 0.305 e. The van der Waals surface area contributed by atoms with Gasteiger partial charge in [0.2, 0.25) is 0 Å². The first-order valence-corrected chi connectivity index (χ1v) is 8.93. The van der Waals surface area contributed by atoms with Gasteiger partial charge < -0.3 is 9.47 Å². The number of benzene rings is 1. The molecule has 0 spiro atoms. The Bertz CT molecular complexity index is 568. The fourth-order valence-corrected chi connectivity index (χ4v) is 2.61. The number of aldehydes is 1. The minimum atomic E-state index is -0.200. The predicted octanol–water partition coefficient (Wildman–Crippen LogP) is 4.82. The van der Waals surface area contributed by atoms with Crippen molar-refractivity contribution in [2.24, 2.45) is 0 Å². The Morgan fingerprint density at radius 3 is 1.96 bits per heavy atom. The molecule has 4 nitrogen and oxygen atoms in total. The minimum Gasteiger partial charge on any atom is -0.493 e. The van der Waals surface area contributed by atoms with Crippen LogP contribution in [0.25, 0.3) is 0 Å². The molecule has 0 radical (unpaired) electrons. The molecule has 0 fully saturated rings. The van der Waals surface area contributed by atoms with E-state index in [1.54, 1.807) is 6.92 Å². The first-order chi connectivity index (χ1) is 11.5. The maximum absolute atomic E-state index is 11.5. The van der Waals surface area contributed by atoms with Crippen LogP contribution in [0.15, 0.2) is 12.1 Å². The Morgan fingerprint density at radius 2 is 1.56 bits per heavy atom. The lowest BCUT2D eigenvalue weighted by Gasteiger charge is -2.30. The van der Waals surface area contributed by atoms with E-state index in [2.05, 4.69) is 41.5 Å². The number of esters is 1. The molecule has 0 aliphatic rings. The molecule has 1 aromatic rings. The quantitative estimate of drug-likeness (QED) is 0.403. The van der Waals surface area contributed by atoms with Gasteiger partial charge in [0, 0.05) is 23.1 Å². The van der Waals surface area contributed by atoms with Gasteiger partial charge in [-0.05, 0) is 36.3 Å². The van der Waals surface area contributed by atoms with E-state index in [-0.39, 0.29) is 16.8 Å². The Balaban J connectivity index is 3.13. The first kappa shape index (κ1) is 21.2. The molecule has 0 heterocycles. The van der Waals surface area contributed by atoms with E-state index in [0.29, 0.717) is 31.6 Å². The van der Waals surface area contributed by atoms with Gasteiger partial charge in [0.15, 0.2) is 0 Å². The van der Waals surface area contributed by atoms with E-state index < -0.39 is 0 Å². The molecule has 25 heavy (non-hydrogen) atoms. The highest BCUT2D eigenvalue weighted by atomic mass is 16.5. The summed E-state index contributed by atoms with van der Waals surface area (Å²) in [6.07, 6.45) is 1.83. The van der Waals surface area contributed by atoms with Crippen molar-refractivity contribution in [1.82, 2.24) is 0 Å². The van der Waals surface area contributed by atoms with Crippen molar-refractivity contribution in [3.63, 3.8) is 0 Å². The zero-order valence-corrected chi connectivity index (χ0v) is 16.7. The summed E-state index contributed by atoms with van der Waals surface area (Å²) in [6, 6.07) is 3.81. The number of ether oxygens (including phenoxy) is 2. The highest BCUT2D eigenvalue weighted by molar-refractivity contribution is 5.77. The average Bonchev–Trinajstić information content (AvgIpc) is 2.49. The second kappa shape index (κ2) is 8.50. The zero-order valence-electron chi connectivity index (χ0n) is 16.7. The molecule has 1 aromatic carbocycles. The topological polar surface area (TPSA) is 52.6 Å². The Morgan fingerprint density at radius 1 is 1.04 bits per heavy atom. The van der Waals surface area contributed by atoms with E-state index in [4.69, 9.17) is 9.47 Å². The van der Waals surface area contributed by atoms with Crippen molar-refractivity contribution in [2.45, 2.75) is 72.1 Å². The zero-order chi connectivity index (χ0) is 19.3. The highest BCUT2D eigenvalue weighted by Crippen LogP contribution is 2.40. The number of rotatable bonds is 7. The van der Waals surface area contributed by atoms with Crippen LogP contribution in [-0.2, 0) is 20.4 Å². The maximum Gasteiger partial charge on any atom is 0.305 e. The van der Waals surface area contributed by atoms with Gasteiger partial charge in [-0.1, -0.05) is 41.5 Å². The van der Waals surface area contributed by atoms with E-state index >= 15 is 0 Å². The van der Waals surface area contributed by atoms with E-state index in [0.717, 1.165) is 23.2 Å². The SMILES string of the molecule is CCOC(=O)CCCOc1c(C(C)(C)C)cc(C=O)cc1C(C)(C)C. The van der Waals surface area contributed by atoms with Gasteiger partial charge in [-0.15, -0.1) is 0 Å². The van der Waals surface area contributed by atoms with Crippen LogP contribution in [0, 0.1) is 0 Å². The third-order valence-corrected chi connectivity index (χ3v) is 3.94.